The Morgan fingerprint density at radius 3 is 2.33 bits per heavy atom. The van der Waals surface area contributed by atoms with Crippen molar-refractivity contribution < 1.29 is 4.79 Å². The molecular formula is C10H17NO. The highest BCUT2D eigenvalue weighted by atomic mass is 16.2. The van der Waals surface area contributed by atoms with Crippen LogP contribution in [0, 0.1) is 0 Å². The molecule has 0 bridgehead atoms. The van der Waals surface area contributed by atoms with Gasteiger partial charge in [0.25, 0.3) is 0 Å². The minimum atomic E-state index is 0.241. The molecule has 1 heterocycles. The number of carbonyl (C=O) groups excluding carboxylic acids is 1. The first-order chi connectivity index (χ1) is 5.57. The number of rotatable bonds is 2. The first-order valence-corrected chi connectivity index (χ1v) is 4.57. The highest BCUT2D eigenvalue weighted by molar-refractivity contribution is 5.97. The Labute approximate surface area is 74.2 Å². The summed E-state index contributed by atoms with van der Waals surface area (Å²) >= 11 is 0. The summed E-state index contributed by atoms with van der Waals surface area (Å²) in [6.07, 6.45) is 0.869. The molecule has 0 aromatic heterocycles. The minimum absolute atomic E-state index is 0.241. The third kappa shape index (κ3) is 1.38. The van der Waals surface area contributed by atoms with Crippen LogP contribution in [-0.2, 0) is 4.79 Å². The average Bonchev–Trinajstić information content (AvgIpc) is 2.27. The van der Waals surface area contributed by atoms with Crippen LogP contribution in [0.15, 0.2) is 11.1 Å². The molecule has 0 unspecified atom stereocenters. The molecule has 0 spiro atoms. The molecule has 0 atom stereocenters. The van der Waals surface area contributed by atoms with Gasteiger partial charge in [-0.05, 0) is 32.8 Å². The molecule has 2 heteroatoms. The molecule has 12 heavy (non-hydrogen) atoms. The predicted molar refractivity (Wildman–Crippen MR) is 49.8 cm³/mol. The van der Waals surface area contributed by atoms with Crippen LogP contribution in [0.1, 0.15) is 34.1 Å². The summed E-state index contributed by atoms with van der Waals surface area (Å²) in [7, 11) is 0. The van der Waals surface area contributed by atoms with E-state index in [0.717, 1.165) is 18.5 Å². The zero-order chi connectivity index (χ0) is 9.30. The molecule has 0 radical (unpaired) electrons. The lowest BCUT2D eigenvalue weighted by Crippen LogP contribution is -2.33. The lowest BCUT2D eigenvalue weighted by atomic mass is 10.1. The summed E-state index contributed by atoms with van der Waals surface area (Å²) in [6.45, 7) is 9.05. The summed E-state index contributed by atoms with van der Waals surface area (Å²) in [4.78, 5) is 13.6. The Morgan fingerprint density at radius 2 is 2.08 bits per heavy atom. The fraction of sp³-hybridized carbons (Fsp3) is 0.700. The summed E-state index contributed by atoms with van der Waals surface area (Å²) in [5.74, 6) is 0.241. The standard InChI is InChI=1S/C10H17NO/c1-5-9-8(4)6-11(7(2)3)10(9)12/h7H,5-6H2,1-4H3. The number of hydrogen-bond donors (Lipinski definition) is 0. The van der Waals surface area contributed by atoms with Gasteiger partial charge in [-0.25, -0.2) is 0 Å². The molecular weight excluding hydrogens is 150 g/mol. The second-order valence-corrected chi connectivity index (χ2v) is 3.64. The predicted octanol–water partition coefficient (Wildman–Crippen LogP) is 1.96. The lowest BCUT2D eigenvalue weighted by molar-refractivity contribution is -0.127. The molecule has 1 rings (SSSR count). The fourth-order valence-corrected chi connectivity index (χ4v) is 1.65. The SMILES string of the molecule is CCC1=C(C)CN(C(C)C)C1=O. The summed E-state index contributed by atoms with van der Waals surface area (Å²) in [6, 6.07) is 0.330. The van der Waals surface area contributed by atoms with E-state index in [1.165, 1.54) is 5.57 Å². The van der Waals surface area contributed by atoms with Gasteiger partial charge in [0.15, 0.2) is 0 Å². The van der Waals surface area contributed by atoms with Gasteiger partial charge in [-0.3, -0.25) is 4.79 Å². The maximum absolute atomic E-state index is 11.7. The average molecular weight is 167 g/mol. The third-order valence-electron chi connectivity index (χ3n) is 2.42. The van der Waals surface area contributed by atoms with Gasteiger partial charge in [0.1, 0.15) is 0 Å². The van der Waals surface area contributed by atoms with Gasteiger partial charge >= 0.3 is 0 Å². The Morgan fingerprint density at radius 1 is 1.50 bits per heavy atom. The van der Waals surface area contributed by atoms with Gasteiger partial charge in [0.05, 0.1) is 0 Å². The molecule has 1 amide bonds. The van der Waals surface area contributed by atoms with Gasteiger partial charge in [-0.1, -0.05) is 6.92 Å². The monoisotopic (exact) mass is 167 g/mol. The van der Waals surface area contributed by atoms with Crippen LogP contribution >= 0.6 is 0 Å². The van der Waals surface area contributed by atoms with Crippen LogP contribution in [0.3, 0.4) is 0 Å². The zero-order valence-corrected chi connectivity index (χ0v) is 8.35. The second kappa shape index (κ2) is 3.30. The maximum atomic E-state index is 11.7. The quantitative estimate of drug-likeness (QED) is 0.615. The van der Waals surface area contributed by atoms with E-state index in [2.05, 4.69) is 20.8 Å². The topological polar surface area (TPSA) is 20.3 Å². The fourth-order valence-electron chi connectivity index (χ4n) is 1.65. The first-order valence-electron chi connectivity index (χ1n) is 4.57. The van der Waals surface area contributed by atoms with Crippen molar-refractivity contribution in [2.75, 3.05) is 6.54 Å². The van der Waals surface area contributed by atoms with Crippen molar-refractivity contribution in [3.63, 3.8) is 0 Å². The molecule has 0 N–H and O–H groups in total. The van der Waals surface area contributed by atoms with Crippen molar-refractivity contribution in [3.05, 3.63) is 11.1 Å². The van der Waals surface area contributed by atoms with E-state index in [4.69, 9.17) is 0 Å². The molecule has 68 valence electrons. The highest BCUT2D eigenvalue weighted by Gasteiger charge is 2.27. The lowest BCUT2D eigenvalue weighted by Gasteiger charge is -2.21. The largest absolute Gasteiger partial charge is 0.332 e. The van der Waals surface area contributed by atoms with Gasteiger partial charge in [-0.15, -0.1) is 0 Å². The molecule has 0 aliphatic carbocycles. The van der Waals surface area contributed by atoms with Gasteiger partial charge in [0, 0.05) is 18.2 Å². The Kier molecular flexibility index (Phi) is 2.55. The van der Waals surface area contributed by atoms with Gasteiger partial charge < -0.3 is 4.90 Å². The van der Waals surface area contributed by atoms with Crippen LogP contribution in [0.25, 0.3) is 0 Å². The van der Waals surface area contributed by atoms with E-state index >= 15 is 0 Å². The molecule has 0 saturated heterocycles. The smallest absolute Gasteiger partial charge is 0.250 e. The van der Waals surface area contributed by atoms with Crippen LogP contribution < -0.4 is 0 Å². The summed E-state index contributed by atoms with van der Waals surface area (Å²) in [5.41, 5.74) is 2.26. The Hall–Kier alpha value is -0.790. The van der Waals surface area contributed by atoms with Crippen molar-refractivity contribution in [3.8, 4) is 0 Å². The highest BCUT2D eigenvalue weighted by Crippen LogP contribution is 2.22. The zero-order valence-electron chi connectivity index (χ0n) is 8.35. The maximum Gasteiger partial charge on any atom is 0.250 e. The normalized spacial score (nSPS) is 18.4. The van der Waals surface area contributed by atoms with E-state index in [1.807, 2.05) is 11.8 Å². The molecule has 0 saturated carbocycles. The van der Waals surface area contributed by atoms with Crippen molar-refractivity contribution in [1.82, 2.24) is 4.90 Å². The Balaban J connectivity index is 2.80. The number of amides is 1. The van der Waals surface area contributed by atoms with Crippen LogP contribution in [-0.4, -0.2) is 23.4 Å². The molecule has 2 nitrogen and oxygen atoms in total. The molecule has 1 aliphatic rings. The first kappa shape index (κ1) is 9.30. The van der Waals surface area contributed by atoms with Crippen molar-refractivity contribution >= 4 is 5.91 Å². The van der Waals surface area contributed by atoms with Crippen LogP contribution in [0.4, 0.5) is 0 Å². The van der Waals surface area contributed by atoms with E-state index in [1.54, 1.807) is 0 Å². The van der Waals surface area contributed by atoms with Crippen LogP contribution in [0.2, 0.25) is 0 Å². The van der Waals surface area contributed by atoms with Crippen molar-refractivity contribution in [2.24, 2.45) is 0 Å². The number of carbonyl (C=O) groups is 1. The van der Waals surface area contributed by atoms with E-state index in [9.17, 15) is 4.79 Å². The third-order valence-corrected chi connectivity index (χ3v) is 2.42. The molecule has 0 aromatic rings. The van der Waals surface area contributed by atoms with E-state index in [0.29, 0.717) is 6.04 Å². The van der Waals surface area contributed by atoms with E-state index in [-0.39, 0.29) is 5.91 Å². The van der Waals surface area contributed by atoms with Crippen molar-refractivity contribution in [1.29, 1.82) is 0 Å². The molecule has 0 fully saturated rings. The minimum Gasteiger partial charge on any atom is -0.332 e. The molecule has 1 aliphatic heterocycles. The van der Waals surface area contributed by atoms with Crippen LogP contribution in [0.5, 0.6) is 0 Å². The van der Waals surface area contributed by atoms with Gasteiger partial charge in [-0.2, -0.15) is 0 Å². The number of hydrogen-bond acceptors (Lipinski definition) is 1. The second-order valence-electron chi connectivity index (χ2n) is 3.64. The summed E-state index contributed by atoms with van der Waals surface area (Å²) in [5, 5.41) is 0. The van der Waals surface area contributed by atoms with Crippen molar-refractivity contribution in [2.45, 2.75) is 40.2 Å². The van der Waals surface area contributed by atoms with E-state index < -0.39 is 0 Å². The summed E-state index contributed by atoms with van der Waals surface area (Å²) < 4.78 is 0. The molecule has 0 aromatic carbocycles. The number of nitrogens with zero attached hydrogens (tertiary/aromatic N) is 1. The van der Waals surface area contributed by atoms with Gasteiger partial charge in [0.2, 0.25) is 5.91 Å². The Bertz CT molecular complexity index is 228.